The molecular weight excluding hydrogens is 340 g/mol. The van der Waals surface area contributed by atoms with E-state index in [0.29, 0.717) is 18.0 Å². The van der Waals surface area contributed by atoms with Gasteiger partial charge in [-0.1, -0.05) is 38.1 Å². The first kappa shape index (κ1) is 19.0. The summed E-state index contributed by atoms with van der Waals surface area (Å²) in [6.45, 7) is 4.95. The summed E-state index contributed by atoms with van der Waals surface area (Å²) in [5.41, 5.74) is 2.59. The van der Waals surface area contributed by atoms with Crippen molar-refractivity contribution in [3.8, 4) is 5.75 Å². The molecule has 1 saturated heterocycles. The molecule has 1 fully saturated rings. The fourth-order valence-corrected chi connectivity index (χ4v) is 3.25. The quantitative estimate of drug-likeness (QED) is 0.793. The predicted octanol–water partition coefficient (Wildman–Crippen LogP) is 4.34. The molecule has 27 heavy (non-hydrogen) atoms. The highest BCUT2D eigenvalue weighted by atomic mass is 16.5. The van der Waals surface area contributed by atoms with Crippen LogP contribution in [0.2, 0.25) is 0 Å². The van der Waals surface area contributed by atoms with Gasteiger partial charge in [-0.05, 0) is 48.6 Å². The van der Waals surface area contributed by atoms with Gasteiger partial charge < -0.3 is 15.0 Å². The summed E-state index contributed by atoms with van der Waals surface area (Å²) in [6, 6.07) is 15.2. The second-order valence-electron chi connectivity index (χ2n) is 6.88. The minimum atomic E-state index is -0.223. The van der Waals surface area contributed by atoms with Gasteiger partial charge in [0.05, 0.1) is 0 Å². The third-order valence-corrected chi connectivity index (χ3v) is 4.94. The largest absolute Gasteiger partial charge is 0.483 e. The molecule has 0 spiro atoms. The van der Waals surface area contributed by atoms with Crippen LogP contribution in [0, 0.1) is 0 Å². The number of nitrogens with zero attached hydrogens (tertiary/aromatic N) is 1. The number of nitrogens with one attached hydrogen (secondary N) is 1. The van der Waals surface area contributed by atoms with Crippen molar-refractivity contribution < 1.29 is 14.3 Å². The molecule has 0 saturated carbocycles. The molecule has 2 aromatic rings. The highest BCUT2D eigenvalue weighted by molar-refractivity contribution is 5.97. The van der Waals surface area contributed by atoms with Crippen molar-refractivity contribution in [1.82, 2.24) is 0 Å². The van der Waals surface area contributed by atoms with Gasteiger partial charge in [-0.2, -0.15) is 0 Å². The van der Waals surface area contributed by atoms with Crippen LogP contribution in [0.1, 0.15) is 44.6 Å². The average molecular weight is 366 g/mol. The van der Waals surface area contributed by atoms with Crippen molar-refractivity contribution in [2.45, 2.75) is 39.0 Å². The number of anilines is 2. The first-order chi connectivity index (χ1) is 13.1. The van der Waals surface area contributed by atoms with Gasteiger partial charge in [0.1, 0.15) is 5.75 Å². The zero-order valence-corrected chi connectivity index (χ0v) is 15.9. The lowest BCUT2D eigenvalue weighted by molar-refractivity contribution is -0.118. The molecule has 0 unspecified atom stereocenters. The van der Waals surface area contributed by atoms with E-state index in [1.54, 1.807) is 4.90 Å². The highest BCUT2D eigenvalue weighted by Crippen LogP contribution is 2.28. The third kappa shape index (κ3) is 4.67. The molecule has 1 heterocycles. The lowest BCUT2D eigenvalue weighted by Crippen LogP contribution is -2.24. The van der Waals surface area contributed by atoms with Gasteiger partial charge in [0.15, 0.2) is 6.61 Å². The fraction of sp³-hybridized carbons (Fsp3) is 0.364. The molecular formula is C22H26N2O3. The van der Waals surface area contributed by atoms with E-state index in [2.05, 4.69) is 19.2 Å². The second-order valence-corrected chi connectivity index (χ2v) is 6.88. The van der Waals surface area contributed by atoms with Crippen LogP contribution in [0.25, 0.3) is 0 Å². The molecule has 1 aliphatic rings. The van der Waals surface area contributed by atoms with Crippen molar-refractivity contribution in [1.29, 1.82) is 0 Å². The second kappa shape index (κ2) is 8.71. The summed E-state index contributed by atoms with van der Waals surface area (Å²) < 4.78 is 5.76. The Morgan fingerprint density at radius 3 is 2.78 bits per heavy atom. The van der Waals surface area contributed by atoms with Crippen LogP contribution < -0.4 is 15.0 Å². The van der Waals surface area contributed by atoms with Gasteiger partial charge in [0, 0.05) is 24.3 Å². The average Bonchev–Trinajstić information content (AvgIpc) is 3.12. The molecule has 1 aliphatic heterocycles. The molecule has 0 aromatic heterocycles. The van der Waals surface area contributed by atoms with Crippen LogP contribution in [0.15, 0.2) is 48.5 Å². The van der Waals surface area contributed by atoms with E-state index >= 15 is 0 Å². The van der Waals surface area contributed by atoms with E-state index in [-0.39, 0.29) is 18.4 Å². The van der Waals surface area contributed by atoms with Crippen LogP contribution in [-0.4, -0.2) is 25.0 Å². The number of amides is 2. The van der Waals surface area contributed by atoms with Crippen LogP contribution in [0.3, 0.4) is 0 Å². The van der Waals surface area contributed by atoms with Crippen molar-refractivity contribution in [3.63, 3.8) is 0 Å². The number of para-hydroxylation sites is 1. The summed E-state index contributed by atoms with van der Waals surface area (Å²) in [6.07, 6.45) is 2.47. The van der Waals surface area contributed by atoms with E-state index < -0.39 is 0 Å². The molecule has 1 N–H and O–H groups in total. The topological polar surface area (TPSA) is 58.6 Å². The number of benzene rings is 2. The highest BCUT2D eigenvalue weighted by Gasteiger charge is 2.21. The Bertz CT molecular complexity index is 819. The van der Waals surface area contributed by atoms with Gasteiger partial charge >= 0.3 is 0 Å². The Balaban J connectivity index is 1.61. The summed E-state index contributed by atoms with van der Waals surface area (Å²) in [5.74, 6) is 1.03. The van der Waals surface area contributed by atoms with Crippen LogP contribution in [-0.2, 0) is 9.59 Å². The number of rotatable bonds is 7. The van der Waals surface area contributed by atoms with Crippen molar-refractivity contribution in [2.24, 2.45) is 0 Å². The van der Waals surface area contributed by atoms with Gasteiger partial charge in [-0.15, -0.1) is 0 Å². The minimum absolute atomic E-state index is 0.0552. The molecule has 2 amide bonds. The van der Waals surface area contributed by atoms with Gasteiger partial charge in [0.2, 0.25) is 5.91 Å². The monoisotopic (exact) mass is 366 g/mol. The maximum Gasteiger partial charge on any atom is 0.262 e. The van der Waals surface area contributed by atoms with Crippen molar-refractivity contribution in [3.05, 3.63) is 54.1 Å². The zero-order chi connectivity index (χ0) is 19.2. The van der Waals surface area contributed by atoms with Gasteiger partial charge in [0.25, 0.3) is 5.91 Å². The Morgan fingerprint density at radius 1 is 1.22 bits per heavy atom. The van der Waals surface area contributed by atoms with E-state index in [1.807, 2.05) is 48.5 Å². The number of carbonyl (C=O) groups excluding carboxylic acids is 2. The standard InChI is InChI=1S/C22H26N2O3/c1-3-16(2)19-10-4-5-11-20(19)27-15-21(25)23-17-8-6-9-18(14-17)24-13-7-12-22(24)26/h4-6,8-11,14,16H,3,7,12-13,15H2,1-2H3,(H,23,25)/t16-/m1/s1. The molecule has 5 nitrogen and oxygen atoms in total. The first-order valence-corrected chi connectivity index (χ1v) is 9.50. The number of ether oxygens (including phenoxy) is 1. The van der Waals surface area contributed by atoms with Gasteiger partial charge in [-0.25, -0.2) is 0 Å². The fourth-order valence-electron chi connectivity index (χ4n) is 3.25. The molecule has 0 bridgehead atoms. The Hall–Kier alpha value is -2.82. The Kier molecular flexibility index (Phi) is 6.12. The summed E-state index contributed by atoms with van der Waals surface area (Å²) >= 11 is 0. The Labute approximate surface area is 160 Å². The lowest BCUT2D eigenvalue weighted by Gasteiger charge is -2.17. The predicted molar refractivity (Wildman–Crippen MR) is 107 cm³/mol. The minimum Gasteiger partial charge on any atom is -0.483 e. The molecule has 1 atom stereocenters. The van der Waals surface area contributed by atoms with E-state index in [0.717, 1.165) is 36.4 Å². The molecule has 0 radical (unpaired) electrons. The third-order valence-electron chi connectivity index (χ3n) is 4.94. The van der Waals surface area contributed by atoms with E-state index in [1.165, 1.54) is 0 Å². The van der Waals surface area contributed by atoms with E-state index in [9.17, 15) is 9.59 Å². The maximum absolute atomic E-state index is 12.3. The number of hydrogen-bond acceptors (Lipinski definition) is 3. The molecule has 3 rings (SSSR count). The smallest absolute Gasteiger partial charge is 0.262 e. The summed E-state index contributed by atoms with van der Waals surface area (Å²) in [7, 11) is 0. The molecule has 0 aliphatic carbocycles. The maximum atomic E-state index is 12.3. The van der Waals surface area contributed by atoms with E-state index in [4.69, 9.17) is 4.74 Å². The molecule has 142 valence electrons. The summed E-state index contributed by atoms with van der Waals surface area (Å²) in [5, 5.41) is 2.85. The van der Waals surface area contributed by atoms with Crippen LogP contribution in [0.4, 0.5) is 11.4 Å². The van der Waals surface area contributed by atoms with Crippen molar-refractivity contribution >= 4 is 23.2 Å². The normalized spacial score (nSPS) is 14.9. The van der Waals surface area contributed by atoms with Crippen LogP contribution >= 0.6 is 0 Å². The summed E-state index contributed by atoms with van der Waals surface area (Å²) in [4.78, 5) is 26.0. The van der Waals surface area contributed by atoms with Gasteiger partial charge in [-0.3, -0.25) is 9.59 Å². The SMILES string of the molecule is CC[C@@H](C)c1ccccc1OCC(=O)Nc1cccc(N2CCCC2=O)c1. The molecule has 2 aromatic carbocycles. The Morgan fingerprint density at radius 2 is 2.04 bits per heavy atom. The number of carbonyl (C=O) groups is 2. The van der Waals surface area contributed by atoms with Crippen molar-refractivity contribution in [2.75, 3.05) is 23.4 Å². The zero-order valence-electron chi connectivity index (χ0n) is 15.9. The number of hydrogen-bond donors (Lipinski definition) is 1. The molecule has 5 heteroatoms. The first-order valence-electron chi connectivity index (χ1n) is 9.50. The van der Waals surface area contributed by atoms with Crippen LogP contribution in [0.5, 0.6) is 5.75 Å². The lowest BCUT2D eigenvalue weighted by atomic mass is 9.98.